The Morgan fingerprint density at radius 3 is 2.23 bits per heavy atom. The fourth-order valence-corrected chi connectivity index (χ4v) is 4.25. The molecule has 2 unspecified atom stereocenters. The third kappa shape index (κ3) is 0.994. The third-order valence-corrected chi connectivity index (χ3v) is 5.64. The molecule has 1 heterocycles. The Morgan fingerprint density at radius 2 is 1.69 bits per heavy atom. The highest BCUT2D eigenvalue weighted by molar-refractivity contribution is 6.59. The second-order valence-corrected chi connectivity index (χ2v) is 6.48. The van der Waals surface area contributed by atoms with Crippen molar-refractivity contribution in [3.8, 4) is 0 Å². The van der Waals surface area contributed by atoms with E-state index in [1.54, 1.807) is 0 Å². The van der Waals surface area contributed by atoms with Gasteiger partial charge in [-0.15, -0.1) is 0 Å². The van der Waals surface area contributed by atoms with E-state index < -0.39 is 0 Å². The number of fused-ring (bicyclic) bond motifs is 1. The second kappa shape index (κ2) is 2.55. The lowest BCUT2D eigenvalue weighted by Crippen LogP contribution is -2.61. The Bertz CT molecular complexity index is 217. The maximum absolute atomic E-state index is 2.48. The van der Waals surface area contributed by atoms with Gasteiger partial charge >= 0.3 is 0 Å². The molecule has 1 heteroatoms. The van der Waals surface area contributed by atoms with Gasteiger partial charge in [0.05, 0.1) is 0 Å². The smallest absolute Gasteiger partial charge is 0.0858 e. The van der Waals surface area contributed by atoms with Crippen molar-refractivity contribution >= 4 is 6.71 Å². The summed E-state index contributed by atoms with van der Waals surface area (Å²) < 4.78 is 0. The summed E-state index contributed by atoms with van der Waals surface area (Å²) in [5.41, 5.74) is 1.17. The van der Waals surface area contributed by atoms with E-state index in [9.17, 15) is 0 Å². The van der Waals surface area contributed by atoms with Crippen molar-refractivity contribution in [3.05, 3.63) is 0 Å². The van der Waals surface area contributed by atoms with Crippen LogP contribution in [0.25, 0.3) is 0 Å². The van der Waals surface area contributed by atoms with E-state index in [1.807, 2.05) is 0 Å². The largest absolute Gasteiger partial charge is 0.140 e. The summed E-state index contributed by atoms with van der Waals surface area (Å²) in [6, 6.07) is 0. The molecule has 1 aliphatic carbocycles. The molecule has 1 saturated heterocycles. The SMILES string of the molecule is CB1CCCC2C1C(C)(C)C2(C)C. The molecule has 2 fully saturated rings. The molecular weight excluding hydrogens is 155 g/mol. The van der Waals surface area contributed by atoms with Gasteiger partial charge in [0.25, 0.3) is 0 Å². The highest BCUT2D eigenvalue weighted by atomic mass is 14.6. The molecule has 0 aromatic carbocycles. The zero-order chi connectivity index (χ0) is 9.85. The van der Waals surface area contributed by atoms with E-state index >= 15 is 0 Å². The predicted molar refractivity (Wildman–Crippen MR) is 60.5 cm³/mol. The van der Waals surface area contributed by atoms with E-state index in [-0.39, 0.29) is 0 Å². The Hall–Kier alpha value is 0.0649. The van der Waals surface area contributed by atoms with Gasteiger partial charge in [0.15, 0.2) is 0 Å². The standard InChI is InChI=1S/C12H23B/c1-11(2)9-7-6-8-13(5)10(9)12(11,3)4/h9-10H,6-8H2,1-5H3. The maximum atomic E-state index is 2.48. The lowest BCUT2D eigenvalue weighted by molar-refractivity contribution is -0.102. The molecule has 74 valence electrons. The fourth-order valence-electron chi connectivity index (χ4n) is 4.25. The first kappa shape index (κ1) is 9.61. The quantitative estimate of drug-likeness (QED) is 0.492. The summed E-state index contributed by atoms with van der Waals surface area (Å²) in [5, 5.41) is 0. The lowest BCUT2D eigenvalue weighted by Gasteiger charge is -2.68. The van der Waals surface area contributed by atoms with E-state index in [1.165, 1.54) is 19.2 Å². The number of hydrogen-bond donors (Lipinski definition) is 0. The number of rotatable bonds is 0. The Kier molecular flexibility index (Phi) is 1.89. The van der Waals surface area contributed by atoms with Crippen LogP contribution in [0.4, 0.5) is 0 Å². The maximum Gasteiger partial charge on any atom is 0.140 e. The van der Waals surface area contributed by atoms with Crippen molar-refractivity contribution in [1.29, 1.82) is 0 Å². The van der Waals surface area contributed by atoms with Crippen LogP contribution >= 0.6 is 0 Å². The highest BCUT2D eigenvalue weighted by Gasteiger charge is 2.63. The van der Waals surface area contributed by atoms with Crippen LogP contribution in [-0.2, 0) is 0 Å². The van der Waals surface area contributed by atoms with Crippen LogP contribution in [0, 0.1) is 16.7 Å². The third-order valence-electron chi connectivity index (χ3n) is 5.64. The van der Waals surface area contributed by atoms with Crippen molar-refractivity contribution in [2.75, 3.05) is 0 Å². The van der Waals surface area contributed by atoms with Crippen LogP contribution in [0.3, 0.4) is 0 Å². The van der Waals surface area contributed by atoms with Gasteiger partial charge in [0.1, 0.15) is 6.71 Å². The van der Waals surface area contributed by atoms with Gasteiger partial charge in [-0.25, -0.2) is 0 Å². The van der Waals surface area contributed by atoms with Crippen molar-refractivity contribution in [2.45, 2.75) is 59.5 Å². The van der Waals surface area contributed by atoms with Crippen LogP contribution in [0.15, 0.2) is 0 Å². The van der Waals surface area contributed by atoms with Crippen LogP contribution in [0.2, 0.25) is 19.0 Å². The van der Waals surface area contributed by atoms with Crippen LogP contribution < -0.4 is 0 Å². The average Bonchev–Trinajstić information content (AvgIpc) is 2.03. The molecule has 0 spiro atoms. The van der Waals surface area contributed by atoms with E-state index in [0.29, 0.717) is 10.8 Å². The summed E-state index contributed by atoms with van der Waals surface area (Å²) >= 11 is 0. The van der Waals surface area contributed by atoms with Crippen LogP contribution in [-0.4, -0.2) is 6.71 Å². The second-order valence-electron chi connectivity index (χ2n) is 6.48. The topological polar surface area (TPSA) is 0 Å². The van der Waals surface area contributed by atoms with E-state index in [4.69, 9.17) is 0 Å². The molecule has 2 atom stereocenters. The molecular formula is C12H23B. The average molecular weight is 178 g/mol. The molecule has 2 rings (SSSR count). The normalized spacial score (nSPS) is 40.8. The molecule has 1 saturated carbocycles. The Morgan fingerprint density at radius 1 is 1.08 bits per heavy atom. The van der Waals surface area contributed by atoms with Gasteiger partial charge in [-0.05, 0) is 16.7 Å². The number of hydrogen-bond acceptors (Lipinski definition) is 0. The van der Waals surface area contributed by atoms with Crippen molar-refractivity contribution < 1.29 is 0 Å². The van der Waals surface area contributed by atoms with Gasteiger partial charge in [0.2, 0.25) is 0 Å². The van der Waals surface area contributed by atoms with Crippen LogP contribution in [0.1, 0.15) is 40.5 Å². The molecule has 13 heavy (non-hydrogen) atoms. The highest BCUT2D eigenvalue weighted by Crippen LogP contribution is 2.71. The first-order valence-corrected chi connectivity index (χ1v) is 5.89. The zero-order valence-corrected chi connectivity index (χ0v) is 9.85. The lowest BCUT2D eigenvalue weighted by atomic mass is 9.19. The van der Waals surface area contributed by atoms with Crippen molar-refractivity contribution in [1.82, 2.24) is 0 Å². The summed E-state index contributed by atoms with van der Waals surface area (Å²) in [6.45, 7) is 13.4. The first-order valence-electron chi connectivity index (χ1n) is 5.89. The monoisotopic (exact) mass is 178 g/mol. The molecule has 0 aromatic rings. The molecule has 0 aromatic heterocycles. The molecule has 0 N–H and O–H groups in total. The minimum Gasteiger partial charge on any atom is -0.0858 e. The Labute approximate surface area is 83.6 Å². The van der Waals surface area contributed by atoms with Gasteiger partial charge in [-0.2, -0.15) is 0 Å². The Balaban J connectivity index is 2.25. The fraction of sp³-hybridized carbons (Fsp3) is 1.00. The van der Waals surface area contributed by atoms with Crippen molar-refractivity contribution in [2.24, 2.45) is 16.7 Å². The summed E-state index contributed by atoms with van der Waals surface area (Å²) in [7, 11) is 0. The van der Waals surface area contributed by atoms with Gasteiger partial charge in [-0.3, -0.25) is 0 Å². The molecule has 1 aliphatic heterocycles. The van der Waals surface area contributed by atoms with Crippen molar-refractivity contribution in [3.63, 3.8) is 0 Å². The van der Waals surface area contributed by atoms with Gasteiger partial charge in [-0.1, -0.05) is 59.5 Å². The minimum atomic E-state index is 0.581. The molecule has 2 aliphatic rings. The predicted octanol–water partition coefficient (Wildman–Crippen LogP) is 3.96. The molecule has 0 nitrogen and oxygen atoms in total. The first-order chi connectivity index (χ1) is 5.89. The summed E-state index contributed by atoms with van der Waals surface area (Å²) in [4.78, 5) is 0. The zero-order valence-electron chi connectivity index (χ0n) is 9.85. The van der Waals surface area contributed by atoms with Gasteiger partial charge in [0, 0.05) is 0 Å². The summed E-state index contributed by atoms with van der Waals surface area (Å²) in [5.74, 6) is 2.03. The van der Waals surface area contributed by atoms with Gasteiger partial charge < -0.3 is 0 Å². The molecule has 0 amide bonds. The minimum absolute atomic E-state index is 0.581. The summed E-state index contributed by atoms with van der Waals surface area (Å²) in [6.07, 6.45) is 4.44. The van der Waals surface area contributed by atoms with E-state index in [2.05, 4.69) is 34.5 Å². The van der Waals surface area contributed by atoms with Crippen LogP contribution in [0.5, 0.6) is 0 Å². The molecule has 0 radical (unpaired) electrons. The van der Waals surface area contributed by atoms with E-state index in [0.717, 1.165) is 18.4 Å². The molecule has 0 bridgehead atoms.